The summed E-state index contributed by atoms with van der Waals surface area (Å²) in [6.07, 6.45) is 0. The van der Waals surface area contributed by atoms with Gasteiger partial charge in [0.25, 0.3) is 0 Å². The molecule has 0 amide bonds. The maximum atomic E-state index is 2.50. The Morgan fingerprint density at radius 2 is 0.795 bits per heavy atom. The smallest absolute Gasteiger partial charge is 0.0725 e. The van der Waals surface area contributed by atoms with Crippen molar-refractivity contribution in [2.45, 2.75) is 5.41 Å². The Balaban J connectivity index is 0.884. The molecule has 1 spiro atoms. The van der Waals surface area contributed by atoms with Crippen molar-refractivity contribution in [2.24, 2.45) is 0 Å². The van der Waals surface area contributed by atoms with Crippen LogP contribution in [0, 0.1) is 0 Å². The Hall–Kier alpha value is -9.08. The van der Waals surface area contributed by atoms with E-state index >= 15 is 0 Å². The molecule has 15 rings (SSSR count). The highest BCUT2D eigenvalue weighted by Gasteiger charge is 2.51. The predicted octanol–water partition coefficient (Wildman–Crippen LogP) is 19.7. The van der Waals surface area contributed by atoms with Gasteiger partial charge in [-0.2, -0.15) is 0 Å². The van der Waals surface area contributed by atoms with Crippen molar-refractivity contribution < 1.29 is 0 Å². The first-order chi connectivity index (χ1) is 36.2. The van der Waals surface area contributed by atoms with Gasteiger partial charge >= 0.3 is 0 Å². The van der Waals surface area contributed by atoms with Crippen molar-refractivity contribution in [3.63, 3.8) is 0 Å². The molecular weight excluding hydrogens is 899 g/mol. The molecule has 13 aromatic rings. The van der Waals surface area contributed by atoms with Crippen LogP contribution in [0.2, 0.25) is 0 Å². The second-order valence-corrected chi connectivity index (χ2v) is 20.6. The van der Waals surface area contributed by atoms with Crippen LogP contribution >= 0.6 is 11.3 Å². The lowest BCUT2D eigenvalue weighted by Gasteiger charge is -2.31. The summed E-state index contributed by atoms with van der Waals surface area (Å²) in [6.45, 7) is 0. The minimum atomic E-state index is -0.413. The molecule has 1 aromatic heterocycles. The van der Waals surface area contributed by atoms with Gasteiger partial charge in [-0.25, -0.2) is 0 Å². The number of hydrogen-bond acceptors (Lipinski definition) is 2. The van der Waals surface area contributed by atoms with Gasteiger partial charge in [0.1, 0.15) is 0 Å². The SMILES string of the molecule is c1ccc(-c2ccc(N(c3ccc(-c4ccc(-c5ccc6ccccc6c5)cc4)cc3)c3cccc(-c4ccc5c(c4)C4(c6ccccc6-c6ccccc64)c4ccccc4-5)c3)c3c2sc2ccccc23)cc1. The summed E-state index contributed by atoms with van der Waals surface area (Å²) in [6, 6.07) is 102. The van der Waals surface area contributed by atoms with Crippen LogP contribution in [0.25, 0.3) is 97.7 Å². The number of rotatable bonds is 7. The minimum absolute atomic E-state index is 0.413. The molecule has 0 saturated carbocycles. The van der Waals surface area contributed by atoms with E-state index < -0.39 is 5.41 Å². The summed E-state index contributed by atoms with van der Waals surface area (Å²) in [5.74, 6) is 0. The highest BCUT2D eigenvalue weighted by Crippen LogP contribution is 2.63. The Morgan fingerprint density at radius 3 is 1.51 bits per heavy atom. The third-order valence-corrected chi connectivity index (χ3v) is 16.9. The van der Waals surface area contributed by atoms with Gasteiger partial charge < -0.3 is 4.90 Å². The molecule has 12 aromatic carbocycles. The lowest BCUT2D eigenvalue weighted by atomic mass is 9.70. The quantitative estimate of drug-likeness (QED) is 0.154. The van der Waals surface area contributed by atoms with Gasteiger partial charge in [-0.05, 0) is 148 Å². The maximum Gasteiger partial charge on any atom is 0.0725 e. The first kappa shape index (κ1) is 41.7. The zero-order valence-corrected chi connectivity index (χ0v) is 40.7. The average molecular weight is 944 g/mol. The fourth-order valence-electron chi connectivity index (χ4n) is 12.4. The van der Waals surface area contributed by atoms with Crippen molar-refractivity contribution in [1.82, 2.24) is 0 Å². The Kier molecular flexibility index (Phi) is 9.42. The van der Waals surface area contributed by atoms with E-state index in [0.717, 1.165) is 17.1 Å². The van der Waals surface area contributed by atoms with Crippen molar-refractivity contribution >= 4 is 59.3 Å². The summed E-state index contributed by atoms with van der Waals surface area (Å²) in [5.41, 5.74) is 23.2. The molecule has 0 saturated heterocycles. The monoisotopic (exact) mass is 943 g/mol. The number of fused-ring (bicyclic) bond motifs is 14. The standard InChI is InChI=1S/C71H45NS/c1-2-16-50(17-3-1)57-41-42-67(69-62-24-9-13-28-68(62)73-70(57)69)72(55-38-35-48(36-39-55)47-29-31-49(32-30-47)53-34-33-46-15-4-5-18-51(46)43-53)56-20-14-19-52(44-56)54-37-40-61-60-23-8-12-27-65(60)71(66(61)45-54)63-25-10-6-21-58(63)59-22-7-11-26-64(59)71/h1-45H. The fraction of sp³-hybridized carbons (Fsp3) is 0.0141. The number of benzene rings is 12. The maximum absolute atomic E-state index is 2.50. The van der Waals surface area contributed by atoms with Gasteiger partial charge in [-0.1, -0.05) is 224 Å². The largest absolute Gasteiger partial charge is 0.310 e. The molecule has 1 nitrogen and oxygen atoms in total. The molecule has 0 bridgehead atoms. The molecule has 2 aliphatic rings. The van der Waals surface area contributed by atoms with Gasteiger partial charge in [-0.3, -0.25) is 0 Å². The van der Waals surface area contributed by atoms with E-state index in [2.05, 4.69) is 278 Å². The number of nitrogens with zero attached hydrogens (tertiary/aromatic N) is 1. The number of anilines is 3. The molecule has 0 radical (unpaired) electrons. The van der Waals surface area contributed by atoms with E-state index in [4.69, 9.17) is 0 Å². The topological polar surface area (TPSA) is 3.24 Å². The van der Waals surface area contributed by atoms with Crippen LogP contribution in [0.15, 0.2) is 273 Å². The van der Waals surface area contributed by atoms with Crippen molar-refractivity contribution in [3.8, 4) is 66.8 Å². The molecule has 0 fully saturated rings. The molecule has 0 aliphatic heterocycles. The zero-order chi connectivity index (χ0) is 48.0. The summed E-state index contributed by atoms with van der Waals surface area (Å²) >= 11 is 1.88. The molecule has 0 atom stereocenters. The third-order valence-electron chi connectivity index (χ3n) is 15.7. The van der Waals surface area contributed by atoms with Gasteiger partial charge in [0.05, 0.1) is 11.1 Å². The first-order valence-electron chi connectivity index (χ1n) is 25.2. The predicted molar refractivity (Wildman–Crippen MR) is 310 cm³/mol. The second-order valence-electron chi connectivity index (χ2n) is 19.5. The molecule has 340 valence electrons. The van der Waals surface area contributed by atoms with Crippen molar-refractivity contribution in [3.05, 3.63) is 295 Å². The molecule has 0 N–H and O–H groups in total. The van der Waals surface area contributed by atoms with Crippen LogP contribution in [-0.4, -0.2) is 0 Å². The Labute approximate surface area is 429 Å². The summed E-state index contributed by atoms with van der Waals surface area (Å²) in [4.78, 5) is 2.49. The van der Waals surface area contributed by atoms with Crippen LogP contribution in [0.5, 0.6) is 0 Å². The molecule has 73 heavy (non-hydrogen) atoms. The molecule has 0 unspecified atom stereocenters. The van der Waals surface area contributed by atoms with E-state index in [1.54, 1.807) is 0 Å². The molecule has 2 aliphatic carbocycles. The van der Waals surface area contributed by atoms with Crippen molar-refractivity contribution in [1.29, 1.82) is 0 Å². The van der Waals surface area contributed by atoms with Crippen LogP contribution in [0.1, 0.15) is 22.3 Å². The minimum Gasteiger partial charge on any atom is -0.310 e. The van der Waals surface area contributed by atoms with Crippen LogP contribution in [0.3, 0.4) is 0 Å². The molecule has 2 heteroatoms. The number of hydrogen-bond donors (Lipinski definition) is 0. The van der Waals surface area contributed by atoms with Crippen molar-refractivity contribution in [2.75, 3.05) is 4.90 Å². The Bertz CT molecular complexity index is 4250. The zero-order valence-electron chi connectivity index (χ0n) is 39.8. The van der Waals surface area contributed by atoms with Gasteiger partial charge in [-0.15, -0.1) is 11.3 Å². The van der Waals surface area contributed by atoms with Gasteiger partial charge in [0, 0.05) is 31.5 Å². The first-order valence-corrected chi connectivity index (χ1v) is 26.0. The van der Waals surface area contributed by atoms with Gasteiger partial charge in [0.15, 0.2) is 0 Å². The molecular formula is C71H45NS. The lowest BCUT2D eigenvalue weighted by Crippen LogP contribution is -2.25. The van der Waals surface area contributed by atoms with Crippen LogP contribution in [-0.2, 0) is 5.41 Å². The Morgan fingerprint density at radius 1 is 0.288 bits per heavy atom. The summed E-state index contributed by atoms with van der Waals surface area (Å²) in [7, 11) is 0. The highest BCUT2D eigenvalue weighted by atomic mass is 32.1. The van der Waals surface area contributed by atoms with E-state index in [9.17, 15) is 0 Å². The second kappa shape index (κ2) is 16.5. The summed E-state index contributed by atoms with van der Waals surface area (Å²) in [5, 5.41) is 5.04. The summed E-state index contributed by atoms with van der Waals surface area (Å²) < 4.78 is 2.57. The van der Waals surface area contributed by atoms with Gasteiger partial charge in [0.2, 0.25) is 0 Å². The van der Waals surface area contributed by atoms with E-state index in [0.29, 0.717) is 0 Å². The van der Waals surface area contributed by atoms with Crippen LogP contribution in [0.4, 0.5) is 17.1 Å². The average Bonchev–Trinajstić information content (AvgIpc) is 4.19. The van der Waals surface area contributed by atoms with Crippen LogP contribution < -0.4 is 4.90 Å². The highest BCUT2D eigenvalue weighted by molar-refractivity contribution is 7.26. The lowest BCUT2D eigenvalue weighted by molar-refractivity contribution is 0.794. The van der Waals surface area contributed by atoms with E-state index in [-0.39, 0.29) is 0 Å². The van der Waals surface area contributed by atoms with E-state index in [1.807, 2.05) is 11.3 Å². The molecule has 1 heterocycles. The third kappa shape index (κ3) is 6.41. The fourth-order valence-corrected chi connectivity index (χ4v) is 13.7. The van der Waals surface area contributed by atoms with E-state index in [1.165, 1.54) is 120 Å². The normalized spacial score (nSPS) is 12.8. The number of thiophene rings is 1.